The van der Waals surface area contributed by atoms with Crippen LogP contribution in [0.2, 0.25) is 0 Å². The van der Waals surface area contributed by atoms with Crippen LogP contribution >= 0.6 is 0 Å². The normalized spacial score (nSPS) is 12.0. The first-order valence-corrected chi connectivity index (χ1v) is 10.8. The van der Waals surface area contributed by atoms with Gasteiger partial charge in [0, 0.05) is 0 Å². The van der Waals surface area contributed by atoms with E-state index in [0.29, 0.717) is 5.75 Å². The van der Waals surface area contributed by atoms with E-state index in [1.54, 1.807) is 12.1 Å². The summed E-state index contributed by atoms with van der Waals surface area (Å²) in [7, 11) is 0. The molecule has 1 atom stereocenters. The molecule has 0 aromatic heterocycles. The van der Waals surface area contributed by atoms with E-state index in [2.05, 4.69) is 13.8 Å². The number of halogens is 1. The third-order valence-corrected chi connectivity index (χ3v) is 4.91. The Bertz CT molecular complexity index is 681. The third kappa shape index (κ3) is 7.53. The summed E-state index contributed by atoms with van der Waals surface area (Å²) < 4.78 is 25.9. The second-order valence-electron chi connectivity index (χ2n) is 7.50. The van der Waals surface area contributed by atoms with Crippen molar-refractivity contribution in [2.45, 2.75) is 78.2 Å². The first-order valence-electron chi connectivity index (χ1n) is 10.8. The Morgan fingerprint density at radius 1 is 0.821 bits per heavy atom. The molecule has 154 valence electrons. The minimum Gasteiger partial charge on any atom is -0.494 e. The molecule has 0 bridgehead atoms. The maximum Gasteiger partial charge on any atom is 0.165 e. The molecule has 0 saturated heterocycles. The Labute approximate surface area is 170 Å². The first kappa shape index (κ1) is 22.3. The van der Waals surface area contributed by atoms with Gasteiger partial charge in [0.25, 0.3) is 0 Å². The third-order valence-electron chi connectivity index (χ3n) is 4.91. The van der Waals surface area contributed by atoms with Gasteiger partial charge in [0.2, 0.25) is 0 Å². The smallest absolute Gasteiger partial charge is 0.165 e. The lowest BCUT2D eigenvalue weighted by Gasteiger charge is -2.15. The molecule has 2 aromatic rings. The molecule has 2 rings (SSSR count). The van der Waals surface area contributed by atoms with Gasteiger partial charge in [0.05, 0.1) is 12.7 Å². The van der Waals surface area contributed by atoms with E-state index in [1.165, 1.54) is 32.1 Å². The molecule has 2 nitrogen and oxygen atoms in total. The average molecular weight is 387 g/mol. The summed E-state index contributed by atoms with van der Waals surface area (Å²) in [5, 5.41) is 0. The zero-order valence-electron chi connectivity index (χ0n) is 17.7. The molecular formula is C25H35FO2. The SMILES string of the molecule is CCCCCCCCOc1ccc(-c2ccc(O[C@@H](C)CCC)c(F)c2)cc1. The van der Waals surface area contributed by atoms with Gasteiger partial charge in [0.15, 0.2) is 11.6 Å². The lowest BCUT2D eigenvalue weighted by atomic mass is 10.1. The molecule has 0 aliphatic carbocycles. The summed E-state index contributed by atoms with van der Waals surface area (Å²) in [6, 6.07) is 13.0. The van der Waals surface area contributed by atoms with Gasteiger partial charge in [-0.15, -0.1) is 0 Å². The minimum absolute atomic E-state index is 0.0217. The van der Waals surface area contributed by atoms with E-state index in [-0.39, 0.29) is 11.9 Å². The standard InChI is InChI=1S/C25H35FO2/c1-4-6-7-8-9-10-18-27-23-15-12-21(13-16-23)22-14-17-25(24(26)19-22)28-20(3)11-5-2/h12-17,19-20H,4-11,18H2,1-3H3/t20-/m0/s1. The highest BCUT2D eigenvalue weighted by Crippen LogP contribution is 2.28. The van der Waals surface area contributed by atoms with Gasteiger partial charge in [-0.1, -0.05) is 70.6 Å². The number of rotatable bonds is 13. The Balaban J connectivity index is 1.84. The molecule has 0 aliphatic rings. The Morgan fingerprint density at radius 2 is 1.50 bits per heavy atom. The first-order chi connectivity index (χ1) is 13.6. The van der Waals surface area contributed by atoms with Gasteiger partial charge in [-0.25, -0.2) is 4.39 Å². The van der Waals surface area contributed by atoms with Crippen LogP contribution < -0.4 is 9.47 Å². The molecule has 2 aromatic carbocycles. The zero-order chi connectivity index (χ0) is 20.2. The minimum atomic E-state index is -0.316. The Morgan fingerprint density at radius 3 is 2.18 bits per heavy atom. The van der Waals surface area contributed by atoms with Gasteiger partial charge in [-0.3, -0.25) is 0 Å². The number of ether oxygens (including phenoxy) is 2. The summed E-state index contributed by atoms with van der Waals surface area (Å²) in [5.74, 6) is 0.874. The van der Waals surface area contributed by atoms with E-state index in [1.807, 2.05) is 37.3 Å². The summed E-state index contributed by atoms with van der Waals surface area (Å²) in [6.07, 6.45) is 9.50. The fourth-order valence-electron chi connectivity index (χ4n) is 3.27. The van der Waals surface area contributed by atoms with Crippen molar-refractivity contribution in [1.82, 2.24) is 0 Å². The highest BCUT2D eigenvalue weighted by atomic mass is 19.1. The molecular weight excluding hydrogens is 351 g/mol. The van der Waals surface area contributed by atoms with Gasteiger partial charge >= 0.3 is 0 Å². The van der Waals surface area contributed by atoms with Crippen molar-refractivity contribution in [1.29, 1.82) is 0 Å². The van der Waals surface area contributed by atoms with Crippen LogP contribution in [0.25, 0.3) is 11.1 Å². The van der Waals surface area contributed by atoms with E-state index in [4.69, 9.17) is 9.47 Å². The molecule has 0 heterocycles. The summed E-state index contributed by atoms with van der Waals surface area (Å²) in [5.41, 5.74) is 1.81. The quantitative estimate of drug-likeness (QED) is 0.327. The maximum atomic E-state index is 14.4. The lowest BCUT2D eigenvalue weighted by molar-refractivity contribution is 0.201. The largest absolute Gasteiger partial charge is 0.494 e. The molecule has 0 amide bonds. The van der Waals surface area contributed by atoms with Crippen LogP contribution in [-0.2, 0) is 0 Å². The summed E-state index contributed by atoms with van der Waals surface area (Å²) in [6.45, 7) is 7.06. The van der Waals surface area contributed by atoms with Crippen LogP contribution in [0.5, 0.6) is 11.5 Å². The molecule has 3 heteroatoms. The molecule has 0 spiro atoms. The van der Waals surface area contributed by atoms with Crippen molar-refractivity contribution in [2.75, 3.05) is 6.61 Å². The zero-order valence-corrected chi connectivity index (χ0v) is 17.7. The highest BCUT2D eigenvalue weighted by molar-refractivity contribution is 5.65. The average Bonchev–Trinajstić information content (AvgIpc) is 2.69. The van der Waals surface area contributed by atoms with Crippen molar-refractivity contribution in [3.63, 3.8) is 0 Å². The lowest BCUT2D eigenvalue weighted by Crippen LogP contribution is -2.11. The second kappa shape index (κ2) is 12.4. The van der Waals surface area contributed by atoms with Gasteiger partial charge in [0.1, 0.15) is 5.75 Å². The Hall–Kier alpha value is -2.03. The summed E-state index contributed by atoms with van der Waals surface area (Å²) in [4.78, 5) is 0. The van der Waals surface area contributed by atoms with Crippen LogP contribution in [0.1, 0.15) is 72.1 Å². The van der Waals surface area contributed by atoms with E-state index in [0.717, 1.165) is 42.7 Å². The number of hydrogen-bond acceptors (Lipinski definition) is 2. The van der Waals surface area contributed by atoms with Crippen LogP contribution in [0, 0.1) is 5.82 Å². The molecule has 0 fully saturated rings. The van der Waals surface area contributed by atoms with Gasteiger partial charge < -0.3 is 9.47 Å². The number of benzene rings is 2. The van der Waals surface area contributed by atoms with E-state index < -0.39 is 0 Å². The molecule has 0 unspecified atom stereocenters. The maximum absolute atomic E-state index is 14.4. The molecule has 0 saturated carbocycles. The van der Waals surface area contributed by atoms with Gasteiger partial charge in [-0.2, -0.15) is 0 Å². The van der Waals surface area contributed by atoms with Crippen LogP contribution in [0.4, 0.5) is 4.39 Å². The fraction of sp³-hybridized carbons (Fsp3) is 0.520. The molecule has 0 radical (unpaired) electrons. The van der Waals surface area contributed by atoms with Gasteiger partial charge in [-0.05, 0) is 55.2 Å². The number of unbranched alkanes of at least 4 members (excludes halogenated alkanes) is 5. The Kier molecular flexibility index (Phi) is 9.88. The molecule has 28 heavy (non-hydrogen) atoms. The van der Waals surface area contributed by atoms with Crippen molar-refractivity contribution in [3.05, 3.63) is 48.3 Å². The second-order valence-corrected chi connectivity index (χ2v) is 7.50. The number of hydrogen-bond donors (Lipinski definition) is 0. The van der Waals surface area contributed by atoms with Crippen molar-refractivity contribution in [2.24, 2.45) is 0 Å². The van der Waals surface area contributed by atoms with Crippen molar-refractivity contribution in [3.8, 4) is 22.6 Å². The molecule has 0 aliphatic heterocycles. The predicted molar refractivity (Wildman–Crippen MR) is 116 cm³/mol. The van der Waals surface area contributed by atoms with E-state index in [9.17, 15) is 4.39 Å². The van der Waals surface area contributed by atoms with Crippen LogP contribution in [0.3, 0.4) is 0 Å². The van der Waals surface area contributed by atoms with E-state index >= 15 is 0 Å². The van der Waals surface area contributed by atoms with Crippen molar-refractivity contribution >= 4 is 0 Å². The molecule has 0 N–H and O–H groups in total. The topological polar surface area (TPSA) is 18.5 Å². The monoisotopic (exact) mass is 386 g/mol. The highest BCUT2D eigenvalue weighted by Gasteiger charge is 2.10. The van der Waals surface area contributed by atoms with Crippen LogP contribution in [0.15, 0.2) is 42.5 Å². The van der Waals surface area contributed by atoms with Crippen molar-refractivity contribution < 1.29 is 13.9 Å². The predicted octanol–water partition coefficient (Wildman–Crippen LogP) is 7.80. The summed E-state index contributed by atoms with van der Waals surface area (Å²) >= 11 is 0. The fourth-order valence-corrected chi connectivity index (χ4v) is 3.27. The van der Waals surface area contributed by atoms with Crippen LogP contribution in [-0.4, -0.2) is 12.7 Å².